The molecule has 2 unspecified atom stereocenters. The van der Waals surface area contributed by atoms with Crippen molar-refractivity contribution in [2.75, 3.05) is 14.2 Å². The average molecular weight is 519 g/mol. The maximum absolute atomic E-state index is 13.3. The number of carbonyl (C=O) groups excluding carboxylic acids is 2. The summed E-state index contributed by atoms with van der Waals surface area (Å²) in [5.41, 5.74) is 3.91. The first-order chi connectivity index (χ1) is 17.9. The lowest BCUT2D eigenvalue weighted by Gasteiger charge is -2.34. The largest absolute Gasteiger partial charge is 0.493 e. The van der Waals surface area contributed by atoms with E-state index in [0.29, 0.717) is 24.3 Å². The van der Waals surface area contributed by atoms with Gasteiger partial charge in [0.05, 0.1) is 25.2 Å². The first-order valence-electron chi connectivity index (χ1n) is 12.0. The fourth-order valence-electron chi connectivity index (χ4n) is 4.03. The molecule has 0 radical (unpaired) electrons. The summed E-state index contributed by atoms with van der Waals surface area (Å²) >= 11 is 1.20. The highest BCUT2D eigenvalue weighted by atomic mass is 32.2. The first-order valence-corrected chi connectivity index (χ1v) is 12.9. The zero-order valence-electron chi connectivity index (χ0n) is 21.3. The van der Waals surface area contributed by atoms with Gasteiger partial charge in [-0.1, -0.05) is 54.6 Å². The second-order valence-electron chi connectivity index (χ2n) is 8.57. The van der Waals surface area contributed by atoms with E-state index in [1.807, 2.05) is 56.3 Å². The van der Waals surface area contributed by atoms with E-state index < -0.39 is 6.17 Å². The molecule has 1 aliphatic rings. The lowest BCUT2D eigenvalue weighted by Crippen LogP contribution is -2.51. The third-order valence-electron chi connectivity index (χ3n) is 6.04. The SMILES string of the molecule is CCC1SC(=O)N(C(Cc2ccc(C)cc2)NC(=O)c2ccccn2)N=C1c1ccc(OC)c(OC)c1. The van der Waals surface area contributed by atoms with Crippen molar-refractivity contribution >= 4 is 28.6 Å². The quantitative estimate of drug-likeness (QED) is 0.426. The maximum atomic E-state index is 13.3. The lowest BCUT2D eigenvalue weighted by molar-refractivity contribution is 0.0883. The van der Waals surface area contributed by atoms with E-state index >= 15 is 0 Å². The van der Waals surface area contributed by atoms with Crippen LogP contribution in [0.5, 0.6) is 11.5 Å². The maximum Gasteiger partial charge on any atom is 0.304 e. The van der Waals surface area contributed by atoms with Crippen LogP contribution in [0.1, 0.15) is 40.5 Å². The van der Waals surface area contributed by atoms with Gasteiger partial charge in [0.2, 0.25) is 0 Å². The summed E-state index contributed by atoms with van der Waals surface area (Å²) < 4.78 is 10.9. The highest BCUT2D eigenvalue weighted by Gasteiger charge is 2.35. The van der Waals surface area contributed by atoms with Crippen molar-refractivity contribution in [3.63, 3.8) is 0 Å². The Morgan fingerprint density at radius 1 is 1.08 bits per heavy atom. The molecule has 9 heteroatoms. The molecule has 2 aromatic carbocycles. The van der Waals surface area contributed by atoms with Crippen molar-refractivity contribution in [3.8, 4) is 11.5 Å². The Morgan fingerprint density at radius 2 is 1.84 bits per heavy atom. The normalized spacial score (nSPS) is 16.1. The minimum Gasteiger partial charge on any atom is -0.493 e. The molecule has 2 heterocycles. The highest BCUT2D eigenvalue weighted by Crippen LogP contribution is 2.34. The molecule has 0 bridgehead atoms. The number of amides is 2. The number of rotatable bonds is 9. The molecular weight excluding hydrogens is 488 g/mol. The van der Waals surface area contributed by atoms with Crippen LogP contribution in [0.15, 0.2) is 72.0 Å². The molecule has 2 atom stereocenters. The summed E-state index contributed by atoms with van der Waals surface area (Å²) in [6, 6.07) is 18.7. The van der Waals surface area contributed by atoms with E-state index in [4.69, 9.17) is 14.6 Å². The molecule has 1 aliphatic heterocycles. The third kappa shape index (κ3) is 6.11. The van der Waals surface area contributed by atoms with Crippen LogP contribution in [-0.2, 0) is 6.42 Å². The van der Waals surface area contributed by atoms with Crippen molar-refractivity contribution in [2.24, 2.45) is 5.10 Å². The number of benzene rings is 2. The second kappa shape index (κ2) is 11.9. The fourth-order valence-corrected chi connectivity index (χ4v) is 5.01. The number of ether oxygens (including phenoxy) is 2. The van der Waals surface area contributed by atoms with E-state index in [1.165, 1.54) is 16.8 Å². The van der Waals surface area contributed by atoms with E-state index in [0.717, 1.165) is 22.4 Å². The number of hydrazone groups is 1. The summed E-state index contributed by atoms with van der Waals surface area (Å²) in [6.07, 6.45) is 1.93. The molecule has 0 fully saturated rings. The summed E-state index contributed by atoms with van der Waals surface area (Å²) in [4.78, 5) is 30.6. The van der Waals surface area contributed by atoms with Crippen LogP contribution in [0.4, 0.5) is 4.79 Å². The Bertz CT molecular complexity index is 1280. The highest BCUT2D eigenvalue weighted by molar-refractivity contribution is 8.14. The second-order valence-corrected chi connectivity index (χ2v) is 9.73. The molecule has 3 aromatic rings. The molecule has 192 valence electrons. The van der Waals surface area contributed by atoms with Crippen molar-refractivity contribution in [1.82, 2.24) is 15.3 Å². The monoisotopic (exact) mass is 518 g/mol. The number of pyridine rings is 1. The molecule has 1 N–H and O–H groups in total. The van der Waals surface area contributed by atoms with Gasteiger partial charge in [-0.25, -0.2) is 5.01 Å². The smallest absolute Gasteiger partial charge is 0.304 e. The number of hydrogen-bond donors (Lipinski definition) is 1. The van der Waals surface area contributed by atoms with Gasteiger partial charge in [-0.2, -0.15) is 5.10 Å². The fraction of sp³-hybridized carbons (Fsp3) is 0.286. The van der Waals surface area contributed by atoms with Gasteiger partial charge in [0.1, 0.15) is 11.9 Å². The topological polar surface area (TPSA) is 93.1 Å². The van der Waals surface area contributed by atoms with Crippen LogP contribution in [0.3, 0.4) is 0 Å². The zero-order chi connectivity index (χ0) is 26.4. The summed E-state index contributed by atoms with van der Waals surface area (Å²) in [5, 5.41) is 8.81. The van der Waals surface area contributed by atoms with Gasteiger partial charge in [-0.3, -0.25) is 14.6 Å². The van der Waals surface area contributed by atoms with Gasteiger partial charge in [0.15, 0.2) is 11.5 Å². The van der Waals surface area contributed by atoms with Gasteiger partial charge in [0, 0.05) is 18.2 Å². The number of methoxy groups -OCH3 is 2. The molecule has 0 spiro atoms. The number of hydrogen-bond acceptors (Lipinski definition) is 7. The molecule has 0 saturated carbocycles. The Morgan fingerprint density at radius 3 is 2.49 bits per heavy atom. The van der Waals surface area contributed by atoms with Crippen molar-refractivity contribution in [1.29, 1.82) is 0 Å². The van der Waals surface area contributed by atoms with E-state index in [2.05, 4.69) is 10.3 Å². The minimum absolute atomic E-state index is 0.145. The standard InChI is InChI=1S/C28H30N4O4S/c1-5-24-26(20-13-14-22(35-3)23(17-20)36-4)31-32(28(34)37-24)25(16-19-11-9-18(2)10-12-19)30-27(33)21-8-6-7-15-29-21/h6-15,17,24-25H,5,16H2,1-4H3,(H,30,33). The summed E-state index contributed by atoms with van der Waals surface area (Å²) in [7, 11) is 3.16. The molecule has 4 rings (SSSR count). The lowest BCUT2D eigenvalue weighted by atomic mass is 10.0. The van der Waals surface area contributed by atoms with E-state index in [9.17, 15) is 9.59 Å². The molecule has 8 nitrogen and oxygen atoms in total. The van der Waals surface area contributed by atoms with Crippen LogP contribution in [0, 0.1) is 6.92 Å². The van der Waals surface area contributed by atoms with Crippen molar-refractivity contribution in [2.45, 2.75) is 38.1 Å². The Balaban J connectivity index is 1.73. The molecule has 37 heavy (non-hydrogen) atoms. The number of nitrogens with one attached hydrogen (secondary N) is 1. The summed E-state index contributed by atoms with van der Waals surface area (Å²) in [5.74, 6) is 0.804. The van der Waals surface area contributed by atoms with Crippen LogP contribution in [0.25, 0.3) is 0 Å². The molecule has 0 aliphatic carbocycles. The molecule has 0 saturated heterocycles. The van der Waals surface area contributed by atoms with E-state index in [1.54, 1.807) is 38.6 Å². The Hall–Kier alpha value is -3.85. The van der Waals surface area contributed by atoms with Gasteiger partial charge >= 0.3 is 5.24 Å². The van der Waals surface area contributed by atoms with Crippen LogP contribution in [-0.4, -0.2) is 52.5 Å². The van der Waals surface area contributed by atoms with E-state index in [-0.39, 0.29) is 22.1 Å². The van der Waals surface area contributed by atoms with Crippen LogP contribution < -0.4 is 14.8 Å². The van der Waals surface area contributed by atoms with Crippen LogP contribution >= 0.6 is 11.8 Å². The molecule has 1 aromatic heterocycles. The number of aromatic nitrogens is 1. The van der Waals surface area contributed by atoms with Crippen molar-refractivity contribution < 1.29 is 19.1 Å². The first kappa shape index (κ1) is 26.2. The van der Waals surface area contributed by atoms with Gasteiger partial charge in [0.25, 0.3) is 5.91 Å². The number of carbonyl (C=O) groups is 2. The number of thioether (sulfide) groups is 1. The number of aryl methyl sites for hydroxylation is 1. The Labute approximate surface area is 221 Å². The average Bonchev–Trinajstić information content (AvgIpc) is 2.93. The predicted molar refractivity (Wildman–Crippen MR) is 145 cm³/mol. The van der Waals surface area contributed by atoms with Crippen LogP contribution in [0.2, 0.25) is 0 Å². The van der Waals surface area contributed by atoms with Crippen molar-refractivity contribution in [3.05, 3.63) is 89.2 Å². The van der Waals surface area contributed by atoms with Gasteiger partial charge < -0.3 is 14.8 Å². The molecule has 2 amide bonds. The number of nitrogens with zero attached hydrogens (tertiary/aromatic N) is 3. The minimum atomic E-state index is -0.717. The molecular formula is C28H30N4O4S. The predicted octanol–water partition coefficient (Wildman–Crippen LogP) is 5.06. The van der Waals surface area contributed by atoms with Gasteiger partial charge in [-0.15, -0.1) is 0 Å². The summed E-state index contributed by atoms with van der Waals surface area (Å²) in [6.45, 7) is 4.03. The Kier molecular flexibility index (Phi) is 8.45. The van der Waals surface area contributed by atoms with Gasteiger partial charge in [-0.05, 0) is 49.2 Å². The zero-order valence-corrected chi connectivity index (χ0v) is 22.1. The third-order valence-corrected chi connectivity index (χ3v) is 7.27.